The van der Waals surface area contributed by atoms with Gasteiger partial charge in [-0.1, -0.05) is 29.8 Å². The van der Waals surface area contributed by atoms with E-state index in [-0.39, 0.29) is 11.6 Å². The van der Waals surface area contributed by atoms with Gasteiger partial charge in [-0.15, -0.1) is 0 Å². The summed E-state index contributed by atoms with van der Waals surface area (Å²) in [6, 6.07) is 13.5. The Morgan fingerprint density at radius 3 is 2.42 bits per heavy atom. The van der Waals surface area contributed by atoms with E-state index >= 15 is 0 Å². The predicted octanol–water partition coefficient (Wildman–Crippen LogP) is 4.84. The van der Waals surface area contributed by atoms with E-state index in [1.165, 1.54) is 0 Å². The number of cyclic esters (lactones) is 1. The molecule has 0 spiro atoms. The van der Waals surface area contributed by atoms with Crippen molar-refractivity contribution in [2.45, 2.75) is 20.8 Å². The summed E-state index contributed by atoms with van der Waals surface area (Å²) in [7, 11) is 0. The zero-order valence-electron chi connectivity index (χ0n) is 15.1. The van der Waals surface area contributed by atoms with Crippen LogP contribution in [0.4, 0.5) is 5.69 Å². The fourth-order valence-corrected chi connectivity index (χ4v) is 2.97. The molecule has 0 atom stereocenters. The van der Waals surface area contributed by atoms with E-state index in [0.717, 1.165) is 29.9 Å². The summed E-state index contributed by atoms with van der Waals surface area (Å²) in [4.78, 5) is 18.7. The van der Waals surface area contributed by atoms with Gasteiger partial charge in [0.2, 0.25) is 5.90 Å². The van der Waals surface area contributed by atoms with E-state index < -0.39 is 5.97 Å². The molecule has 2 aromatic rings. The molecule has 1 aliphatic rings. The number of aryl methyl sites for hydroxylation is 1. The number of benzene rings is 2. The number of ether oxygens (including phenoxy) is 1. The van der Waals surface area contributed by atoms with Crippen molar-refractivity contribution in [1.29, 1.82) is 0 Å². The maximum absolute atomic E-state index is 12.1. The molecule has 0 amide bonds. The first-order chi connectivity index (χ1) is 12.5. The van der Waals surface area contributed by atoms with E-state index in [0.29, 0.717) is 10.6 Å². The fraction of sp³-hybridized carbons (Fsp3) is 0.238. The van der Waals surface area contributed by atoms with Gasteiger partial charge in [0.15, 0.2) is 5.70 Å². The molecule has 3 rings (SSSR count). The van der Waals surface area contributed by atoms with Gasteiger partial charge in [-0.05, 0) is 62.2 Å². The third kappa shape index (κ3) is 3.81. The minimum absolute atomic E-state index is 0.280. The largest absolute Gasteiger partial charge is 0.402 e. The highest BCUT2D eigenvalue weighted by atomic mass is 35.5. The van der Waals surface area contributed by atoms with Crippen LogP contribution in [0.3, 0.4) is 0 Å². The van der Waals surface area contributed by atoms with Crippen molar-refractivity contribution in [2.24, 2.45) is 4.99 Å². The van der Waals surface area contributed by atoms with Crippen molar-refractivity contribution in [3.05, 3.63) is 69.9 Å². The third-order valence-corrected chi connectivity index (χ3v) is 4.77. The van der Waals surface area contributed by atoms with E-state index in [1.807, 2.05) is 43.3 Å². The molecule has 0 bridgehead atoms. The molecule has 1 aliphatic heterocycles. The first kappa shape index (κ1) is 18.2. The van der Waals surface area contributed by atoms with Crippen LogP contribution in [0.25, 0.3) is 6.08 Å². The Morgan fingerprint density at radius 1 is 1.12 bits per heavy atom. The molecule has 0 aromatic heterocycles. The van der Waals surface area contributed by atoms with Gasteiger partial charge in [-0.3, -0.25) is 0 Å². The smallest absolute Gasteiger partial charge is 0.363 e. The highest BCUT2D eigenvalue weighted by Crippen LogP contribution is 2.23. The standard InChI is InChI=1S/C21H21ClN2O2/c1-4-24(5-2)17-10-7-15(8-11-17)12-19-21(25)26-20(23-19)16-9-6-14(3)18(22)13-16/h6-13H,4-5H2,1-3H3/b19-12-. The molecule has 1 heterocycles. The second kappa shape index (κ2) is 7.75. The molecule has 134 valence electrons. The van der Waals surface area contributed by atoms with Crippen molar-refractivity contribution in [1.82, 2.24) is 0 Å². The number of carbonyl (C=O) groups is 1. The van der Waals surface area contributed by atoms with Gasteiger partial charge < -0.3 is 9.64 Å². The molecule has 0 saturated heterocycles. The van der Waals surface area contributed by atoms with Crippen molar-refractivity contribution < 1.29 is 9.53 Å². The van der Waals surface area contributed by atoms with Crippen molar-refractivity contribution in [3.8, 4) is 0 Å². The summed E-state index contributed by atoms with van der Waals surface area (Å²) < 4.78 is 5.30. The van der Waals surface area contributed by atoms with Crippen LogP contribution in [-0.2, 0) is 9.53 Å². The van der Waals surface area contributed by atoms with Crippen molar-refractivity contribution in [2.75, 3.05) is 18.0 Å². The highest BCUT2D eigenvalue weighted by molar-refractivity contribution is 6.31. The predicted molar refractivity (Wildman–Crippen MR) is 107 cm³/mol. The number of nitrogens with zero attached hydrogens (tertiary/aromatic N) is 2. The Hall–Kier alpha value is -2.59. The van der Waals surface area contributed by atoms with Crippen LogP contribution in [0, 0.1) is 6.92 Å². The third-order valence-electron chi connectivity index (χ3n) is 4.36. The number of halogens is 1. The van der Waals surface area contributed by atoms with Gasteiger partial charge >= 0.3 is 5.97 Å². The van der Waals surface area contributed by atoms with Gasteiger partial charge in [0.25, 0.3) is 0 Å². The normalized spacial score (nSPS) is 15.2. The molecular weight excluding hydrogens is 348 g/mol. The molecule has 5 heteroatoms. The molecule has 0 radical (unpaired) electrons. The second-order valence-electron chi connectivity index (χ2n) is 6.06. The molecule has 0 aliphatic carbocycles. The summed E-state index contributed by atoms with van der Waals surface area (Å²) in [6.07, 6.45) is 1.73. The molecule has 0 fully saturated rings. The van der Waals surface area contributed by atoms with Crippen LogP contribution in [0.15, 0.2) is 53.2 Å². The van der Waals surface area contributed by atoms with Gasteiger partial charge in [0, 0.05) is 29.4 Å². The van der Waals surface area contributed by atoms with Crippen LogP contribution in [0.5, 0.6) is 0 Å². The topological polar surface area (TPSA) is 41.9 Å². The molecule has 4 nitrogen and oxygen atoms in total. The van der Waals surface area contributed by atoms with Gasteiger partial charge in [0.1, 0.15) is 0 Å². The number of rotatable bonds is 5. The van der Waals surface area contributed by atoms with E-state index in [4.69, 9.17) is 16.3 Å². The monoisotopic (exact) mass is 368 g/mol. The molecule has 0 unspecified atom stereocenters. The lowest BCUT2D eigenvalue weighted by Gasteiger charge is -2.20. The number of anilines is 1. The Morgan fingerprint density at radius 2 is 1.81 bits per heavy atom. The molecule has 26 heavy (non-hydrogen) atoms. The van der Waals surface area contributed by atoms with Crippen LogP contribution < -0.4 is 4.90 Å². The van der Waals surface area contributed by atoms with Crippen molar-refractivity contribution >= 4 is 35.2 Å². The quantitative estimate of drug-likeness (QED) is 0.560. The minimum atomic E-state index is -0.454. The van der Waals surface area contributed by atoms with Crippen LogP contribution in [0.1, 0.15) is 30.5 Å². The van der Waals surface area contributed by atoms with E-state index in [2.05, 4.69) is 23.7 Å². The zero-order valence-corrected chi connectivity index (χ0v) is 15.9. The van der Waals surface area contributed by atoms with Gasteiger partial charge in [-0.25, -0.2) is 9.79 Å². The summed E-state index contributed by atoms with van der Waals surface area (Å²) in [5.74, 6) is -0.174. The minimum Gasteiger partial charge on any atom is -0.402 e. The molecule has 0 saturated carbocycles. The summed E-state index contributed by atoms with van der Waals surface area (Å²) in [5, 5.41) is 0.616. The lowest BCUT2D eigenvalue weighted by molar-refractivity contribution is -0.129. The Kier molecular flexibility index (Phi) is 5.43. The maximum Gasteiger partial charge on any atom is 0.363 e. The Labute approximate surface area is 158 Å². The molecule has 0 N–H and O–H groups in total. The highest BCUT2D eigenvalue weighted by Gasteiger charge is 2.24. The number of hydrogen-bond acceptors (Lipinski definition) is 4. The maximum atomic E-state index is 12.1. The average Bonchev–Trinajstić information content (AvgIpc) is 3.00. The van der Waals surface area contributed by atoms with Crippen LogP contribution >= 0.6 is 11.6 Å². The van der Waals surface area contributed by atoms with Gasteiger partial charge in [0.05, 0.1) is 0 Å². The number of esters is 1. The van der Waals surface area contributed by atoms with Gasteiger partial charge in [-0.2, -0.15) is 0 Å². The lowest BCUT2D eigenvalue weighted by atomic mass is 10.1. The van der Waals surface area contributed by atoms with E-state index in [9.17, 15) is 4.79 Å². The van der Waals surface area contributed by atoms with E-state index in [1.54, 1.807) is 12.1 Å². The first-order valence-electron chi connectivity index (χ1n) is 8.66. The van der Waals surface area contributed by atoms with Crippen molar-refractivity contribution in [3.63, 3.8) is 0 Å². The molecule has 2 aromatic carbocycles. The average molecular weight is 369 g/mol. The first-order valence-corrected chi connectivity index (χ1v) is 9.03. The lowest BCUT2D eigenvalue weighted by Crippen LogP contribution is -2.21. The SMILES string of the molecule is CCN(CC)c1ccc(/C=C2\N=C(c3ccc(C)c(Cl)c3)OC2=O)cc1. The van der Waals surface area contributed by atoms with Crippen LogP contribution in [-0.4, -0.2) is 25.0 Å². The van der Waals surface area contributed by atoms with Crippen LogP contribution in [0.2, 0.25) is 5.02 Å². The number of aliphatic imine (C=N–C) groups is 1. The Bertz CT molecular complexity index is 881. The number of carbonyl (C=O) groups excluding carboxylic acids is 1. The molecular formula is C21H21ClN2O2. The summed E-state index contributed by atoms with van der Waals surface area (Å²) in [5.41, 5.74) is 4.00. The summed E-state index contributed by atoms with van der Waals surface area (Å²) >= 11 is 6.14. The Balaban J connectivity index is 1.85. The summed E-state index contributed by atoms with van der Waals surface area (Å²) in [6.45, 7) is 8.08. The number of hydrogen-bond donors (Lipinski definition) is 0. The fourth-order valence-electron chi connectivity index (χ4n) is 2.79. The second-order valence-corrected chi connectivity index (χ2v) is 6.47. The zero-order chi connectivity index (χ0) is 18.7.